The topological polar surface area (TPSA) is 61.4 Å². The summed E-state index contributed by atoms with van der Waals surface area (Å²) in [6, 6.07) is 7.78. The summed E-state index contributed by atoms with van der Waals surface area (Å²) < 4.78 is 0. The first-order chi connectivity index (χ1) is 11.0. The van der Waals surface area contributed by atoms with E-state index in [4.69, 9.17) is 0 Å². The van der Waals surface area contributed by atoms with Crippen LogP contribution in [0.15, 0.2) is 24.3 Å². The molecule has 1 aromatic heterocycles. The largest absolute Gasteiger partial charge is 0.358 e. The number of fused-ring (bicyclic) bond motifs is 1. The second-order valence-electron chi connectivity index (χ2n) is 5.84. The lowest BCUT2D eigenvalue weighted by molar-refractivity contribution is 0.0948. The average Bonchev–Trinajstić information content (AvgIpc) is 2.56. The summed E-state index contributed by atoms with van der Waals surface area (Å²) in [4.78, 5) is 16.5. The Bertz CT molecular complexity index is 671. The van der Waals surface area contributed by atoms with Crippen molar-refractivity contribution in [3.63, 3.8) is 0 Å². The Kier molecular flexibility index (Phi) is 5.87. The van der Waals surface area contributed by atoms with Crippen LogP contribution in [0.5, 0.6) is 0 Å². The van der Waals surface area contributed by atoms with E-state index in [1.807, 2.05) is 50.3 Å². The molecule has 6 nitrogen and oxygen atoms in total. The highest BCUT2D eigenvalue weighted by Crippen LogP contribution is 2.24. The lowest BCUT2D eigenvalue weighted by Gasteiger charge is -2.18. The molecule has 6 heteroatoms. The van der Waals surface area contributed by atoms with Crippen molar-refractivity contribution >= 4 is 22.5 Å². The van der Waals surface area contributed by atoms with Crippen LogP contribution in [0.4, 0.5) is 5.82 Å². The maximum absolute atomic E-state index is 12.4. The third-order valence-electron chi connectivity index (χ3n) is 3.79. The predicted molar refractivity (Wildman–Crippen MR) is 94.0 cm³/mol. The quantitative estimate of drug-likeness (QED) is 0.789. The van der Waals surface area contributed by atoms with E-state index in [2.05, 4.69) is 27.3 Å². The summed E-state index contributed by atoms with van der Waals surface area (Å²) in [7, 11) is 6.00. The molecule has 0 spiro atoms. The minimum absolute atomic E-state index is 0.168. The van der Waals surface area contributed by atoms with Gasteiger partial charge in [-0.25, -0.2) is 0 Å². The Morgan fingerprint density at radius 3 is 2.48 bits per heavy atom. The van der Waals surface area contributed by atoms with Crippen LogP contribution in [-0.4, -0.2) is 61.8 Å². The van der Waals surface area contributed by atoms with E-state index in [1.165, 1.54) is 0 Å². The number of hydrogen-bond acceptors (Lipinski definition) is 5. The number of nitrogens with one attached hydrogen (secondary N) is 1. The summed E-state index contributed by atoms with van der Waals surface area (Å²) in [5, 5.41) is 13.2. The van der Waals surface area contributed by atoms with E-state index < -0.39 is 0 Å². The molecule has 0 saturated heterocycles. The van der Waals surface area contributed by atoms with Crippen LogP contribution in [0.2, 0.25) is 0 Å². The first kappa shape index (κ1) is 17.1. The van der Waals surface area contributed by atoms with Crippen molar-refractivity contribution in [3.8, 4) is 0 Å². The van der Waals surface area contributed by atoms with E-state index in [1.54, 1.807) is 0 Å². The summed E-state index contributed by atoms with van der Waals surface area (Å²) in [6.45, 7) is 4.45. The number of carbonyl (C=O) groups excluding carboxylic acids is 1. The fraction of sp³-hybridized carbons (Fsp3) is 0.471. The van der Waals surface area contributed by atoms with E-state index >= 15 is 0 Å². The van der Waals surface area contributed by atoms with E-state index in [0.29, 0.717) is 12.2 Å². The molecule has 124 valence electrons. The maximum Gasteiger partial charge on any atom is 0.272 e. The molecule has 1 aromatic carbocycles. The lowest BCUT2D eigenvalue weighted by atomic mass is 10.1. The van der Waals surface area contributed by atoms with Crippen LogP contribution in [0.25, 0.3) is 10.8 Å². The zero-order valence-electron chi connectivity index (χ0n) is 14.3. The molecule has 0 unspecified atom stereocenters. The van der Waals surface area contributed by atoms with E-state index in [0.717, 1.165) is 36.1 Å². The molecule has 0 radical (unpaired) electrons. The van der Waals surface area contributed by atoms with Crippen molar-refractivity contribution in [1.82, 2.24) is 20.4 Å². The standard InChI is InChI=1S/C17H25N5O/c1-5-22(4)16-14-10-7-6-9-13(14)15(19-20-16)17(23)18-11-8-12-21(2)3/h6-7,9-10H,5,8,11-12H2,1-4H3,(H,18,23). The van der Waals surface area contributed by atoms with Gasteiger partial charge in [0.2, 0.25) is 0 Å². The Labute approximate surface area is 137 Å². The summed E-state index contributed by atoms with van der Waals surface area (Å²) in [6.07, 6.45) is 0.904. The number of rotatable bonds is 7. The van der Waals surface area contributed by atoms with Crippen LogP contribution in [0.3, 0.4) is 0 Å². The van der Waals surface area contributed by atoms with Crippen molar-refractivity contribution in [2.24, 2.45) is 0 Å². The molecule has 1 heterocycles. The van der Waals surface area contributed by atoms with Crippen LogP contribution in [0.1, 0.15) is 23.8 Å². The SMILES string of the molecule is CCN(C)c1nnc(C(=O)NCCCN(C)C)c2ccccc12. The molecule has 1 N–H and O–H groups in total. The van der Waals surface area contributed by atoms with Gasteiger partial charge in [0.1, 0.15) is 0 Å². The zero-order valence-corrected chi connectivity index (χ0v) is 14.3. The van der Waals surface area contributed by atoms with Crippen LogP contribution < -0.4 is 10.2 Å². The summed E-state index contributed by atoms with van der Waals surface area (Å²) in [5.74, 6) is 0.630. The minimum Gasteiger partial charge on any atom is -0.358 e. The van der Waals surface area contributed by atoms with Gasteiger partial charge in [-0.15, -0.1) is 10.2 Å². The molecule has 0 aliphatic heterocycles. The van der Waals surface area contributed by atoms with Gasteiger partial charge in [-0.2, -0.15) is 0 Å². The molecule has 2 aromatic rings. The van der Waals surface area contributed by atoms with E-state index in [-0.39, 0.29) is 5.91 Å². The van der Waals surface area contributed by atoms with Gasteiger partial charge >= 0.3 is 0 Å². The van der Waals surface area contributed by atoms with Gasteiger partial charge in [-0.05, 0) is 34.0 Å². The Morgan fingerprint density at radius 1 is 1.13 bits per heavy atom. The average molecular weight is 315 g/mol. The zero-order chi connectivity index (χ0) is 16.8. The molecule has 2 rings (SSSR count). The predicted octanol–water partition coefficient (Wildman–Crippen LogP) is 1.77. The molecule has 23 heavy (non-hydrogen) atoms. The fourth-order valence-corrected chi connectivity index (χ4v) is 2.37. The monoisotopic (exact) mass is 315 g/mol. The number of anilines is 1. The van der Waals surface area contributed by atoms with Crippen molar-refractivity contribution < 1.29 is 4.79 Å². The second-order valence-corrected chi connectivity index (χ2v) is 5.84. The van der Waals surface area contributed by atoms with Gasteiger partial charge in [-0.3, -0.25) is 4.79 Å². The van der Waals surface area contributed by atoms with Crippen LogP contribution in [-0.2, 0) is 0 Å². The van der Waals surface area contributed by atoms with Gasteiger partial charge in [0.05, 0.1) is 0 Å². The highest BCUT2D eigenvalue weighted by molar-refractivity contribution is 6.07. The number of amides is 1. The molecule has 0 aliphatic carbocycles. The smallest absolute Gasteiger partial charge is 0.272 e. The Morgan fingerprint density at radius 2 is 1.83 bits per heavy atom. The highest BCUT2D eigenvalue weighted by Gasteiger charge is 2.16. The normalized spacial score (nSPS) is 11.0. The molecule has 0 bridgehead atoms. The number of aromatic nitrogens is 2. The maximum atomic E-state index is 12.4. The summed E-state index contributed by atoms with van der Waals surface area (Å²) in [5.41, 5.74) is 0.388. The highest BCUT2D eigenvalue weighted by atomic mass is 16.1. The number of carbonyl (C=O) groups is 1. The molecule has 0 saturated carbocycles. The second kappa shape index (κ2) is 7.87. The fourth-order valence-electron chi connectivity index (χ4n) is 2.37. The molecule has 0 fully saturated rings. The van der Waals surface area contributed by atoms with Crippen LogP contribution in [0, 0.1) is 0 Å². The first-order valence-corrected chi connectivity index (χ1v) is 7.94. The summed E-state index contributed by atoms with van der Waals surface area (Å²) >= 11 is 0. The lowest BCUT2D eigenvalue weighted by Crippen LogP contribution is -2.28. The number of benzene rings is 1. The molecular weight excluding hydrogens is 290 g/mol. The van der Waals surface area contributed by atoms with Crippen LogP contribution >= 0.6 is 0 Å². The van der Waals surface area contributed by atoms with Gasteiger partial charge in [-0.1, -0.05) is 24.3 Å². The molecule has 0 atom stereocenters. The van der Waals surface area contributed by atoms with Crippen molar-refractivity contribution in [2.75, 3.05) is 45.7 Å². The number of nitrogens with zero attached hydrogens (tertiary/aromatic N) is 4. The van der Waals surface area contributed by atoms with Gasteiger partial charge in [0.15, 0.2) is 11.5 Å². The third-order valence-corrected chi connectivity index (χ3v) is 3.79. The molecular formula is C17H25N5O. The van der Waals surface area contributed by atoms with E-state index in [9.17, 15) is 4.79 Å². The number of hydrogen-bond donors (Lipinski definition) is 1. The first-order valence-electron chi connectivity index (χ1n) is 7.94. The van der Waals surface area contributed by atoms with Crippen molar-refractivity contribution in [1.29, 1.82) is 0 Å². The van der Waals surface area contributed by atoms with Gasteiger partial charge in [0, 0.05) is 30.9 Å². The molecule has 0 aliphatic rings. The van der Waals surface area contributed by atoms with Crippen molar-refractivity contribution in [2.45, 2.75) is 13.3 Å². The third kappa shape index (κ3) is 4.16. The van der Waals surface area contributed by atoms with Gasteiger partial charge < -0.3 is 15.1 Å². The minimum atomic E-state index is -0.168. The van der Waals surface area contributed by atoms with Gasteiger partial charge in [0.25, 0.3) is 5.91 Å². The Balaban J connectivity index is 2.23. The Hall–Kier alpha value is -2.21. The molecule has 1 amide bonds. The van der Waals surface area contributed by atoms with Crippen molar-refractivity contribution in [3.05, 3.63) is 30.0 Å².